The number of primary amides is 2. The Morgan fingerprint density at radius 1 is 0.525 bits per heavy atom. The minimum atomic E-state index is -1.26. The van der Waals surface area contributed by atoms with E-state index in [4.69, 9.17) is 11.5 Å². The Labute approximate surface area is 226 Å². The quantitative estimate of drug-likeness (QED) is 0.167. The van der Waals surface area contributed by atoms with Gasteiger partial charge in [-0.2, -0.15) is 0 Å². The number of carboxylic acids is 2. The topological polar surface area (TPSA) is 161 Å². The van der Waals surface area contributed by atoms with Crippen LogP contribution in [0.2, 0.25) is 0 Å². The summed E-state index contributed by atoms with van der Waals surface area (Å²) < 4.78 is 0. The summed E-state index contributed by atoms with van der Waals surface area (Å²) in [6, 6.07) is 16.8. The molecule has 0 aromatic heterocycles. The van der Waals surface area contributed by atoms with Crippen molar-refractivity contribution in [3.05, 3.63) is 94.0 Å². The van der Waals surface area contributed by atoms with Gasteiger partial charge in [0, 0.05) is 21.9 Å². The molecule has 0 unspecified atom stereocenters. The largest absolute Gasteiger partial charge is 0.478 e. The van der Waals surface area contributed by atoms with Gasteiger partial charge in [0.15, 0.2) is 0 Å². The molecule has 0 aliphatic carbocycles. The van der Waals surface area contributed by atoms with Gasteiger partial charge in [-0.1, -0.05) is 47.5 Å². The highest BCUT2D eigenvalue weighted by Crippen LogP contribution is 2.47. The molecule has 196 valence electrons. The van der Waals surface area contributed by atoms with Crippen LogP contribution < -0.4 is 11.5 Å². The summed E-state index contributed by atoms with van der Waals surface area (Å²) in [5.74, 6) is -4.00. The van der Waals surface area contributed by atoms with Crippen LogP contribution in [0.4, 0.5) is 0 Å². The first-order valence-electron chi connectivity index (χ1n) is 12.4. The number of amides is 2. The van der Waals surface area contributed by atoms with Gasteiger partial charge in [-0.3, -0.25) is 9.59 Å². The van der Waals surface area contributed by atoms with Crippen LogP contribution in [0.5, 0.6) is 0 Å². The van der Waals surface area contributed by atoms with Crippen molar-refractivity contribution < 1.29 is 29.4 Å². The maximum absolute atomic E-state index is 12.9. The summed E-state index contributed by atoms with van der Waals surface area (Å²) >= 11 is 0. The monoisotopic (exact) mass is 530 g/mol. The van der Waals surface area contributed by atoms with E-state index < -0.39 is 23.8 Å². The van der Waals surface area contributed by atoms with E-state index in [-0.39, 0.29) is 27.6 Å². The molecule has 6 N–H and O–H groups in total. The van der Waals surface area contributed by atoms with Gasteiger partial charge < -0.3 is 21.7 Å². The average molecular weight is 531 g/mol. The minimum Gasteiger partial charge on any atom is -0.478 e. The van der Waals surface area contributed by atoms with Crippen molar-refractivity contribution in [2.24, 2.45) is 11.5 Å². The molecule has 6 rings (SSSR count). The van der Waals surface area contributed by atoms with Crippen LogP contribution in [0.3, 0.4) is 0 Å². The van der Waals surface area contributed by atoms with Gasteiger partial charge in [0.05, 0.1) is 11.1 Å². The third-order valence-electron chi connectivity index (χ3n) is 7.53. The number of aromatic carboxylic acids is 2. The van der Waals surface area contributed by atoms with Crippen molar-refractivity contribution in [3.63, 3.8) is 0 Å². The third-order valence-corrected chi connectivity index (χ3v) is 7.53. The van der Waals surface area contributed by atoms with Crippen LogP contribution >= 0.6 is 0 Å². The molecule has 8 heteroatoms. The van der Waals surface area contributed by atoms with E-state index in [1.165, 1.54) is 18.2 Å². The lowest BCUT2D eigenvalue weighted by atomic mass is 9.81. The number of carboxylic acid groups (broad SMARTS) is 2. The molecule has 40 heavy (non-hydrogen) atoms. The average Bonchev–Trinajstić information content (AvgIpc) is 2.89. The molecule has 0 fully saturated rings. The van der Waals surface area contributed by atoms with E-state index in [1.807, 2.05) is 32.0 Å². The molecule has 0 radical (unpaired) electrons. The summed E-state index contributed by atoms with van der Waals surface area (Å²) in [4.78, 5) is 50.0. The van der Waals surface area contributed by atoms with E-state index in [9.17, 15) is 29.4 Å². The van der Waals surface area contributed by atoms with Crippen molar-refractivity contribution in [3.8, 4) is 11.1 Å². The Balaban J connectivity index is 2.02. The molecule has 2 amide bonds. The van der Waals surface area contributed by atoms with E-state index >= 15 is 0 Å². The Morgan fingerprint density at radius 2 is 1.00 bits per heavy atom. The number of fused-ring (bicyclic) bond motifs is 2. The maximum atomic E-state index is 12.9. The van der Waals surface area contributed by atoms with Gasteiger partial charge in [-0.15, -0.1) is 0 Å². The zero-order chi connectivity index (χ0) is 28.6. The third kappa shape index (κ3) is 3.39. The van der Waals surface area contributed by atoms with Gasteiger partial charge in [0.2, 0.25) is 11.8 Å². The second-order valence-electron chi connectivity index (χ2n) is 10.0. The number of hydrogen-bond acceptors (Lipinski definition) is 4. The highest BCUT2D eigenvalue weighted by atomic mass is 16.4. The molecule has 0 saturated heterocycles. The van der Waals surface area contributed by atoms with Crippen LogP contribution in [0, 0.1) is 13.8 Å². The van der Waals surface area contributed by atoms with Crippen molar-refractivity contribution >= 4 is 66.8 Å². The summed E-state index contributed by atoms with van der Waals surface area (Å²) in [5, 5.41) is 23.8. The van der Waals surface area contributed by atoms with Gasteiger partial charge in [-0.25, -0.2) is 9.59 Å². The van der Waals surface area contributed by atoms with Crippen LogP contribution in [0.1, 0.15) is 52.6 Å². The fourth-order valence-corrected chi connectivity index (χ4v) is 6.11. The van der Waals surface area contributed by atoms with Gasteiger partial charge in [-0.05, 0) is 81.6 Å². The van der Waals surface area contributed by atoms with E-state index in [0.717, 1.165) is 16.7 Å². The lowest BCUT2D eigenvalue weighted by Gasteiger charge is -2.22. The molecule has 6 aromatic carbocycles. The maximum Gasteiger partial charge on any atom is 0.336 e. The second-order valence-corrected chi connectivity index (χ2v) is 10.0. The molecule has 0 saturated carbocycles. The Kier molecular flexibility index (Phi) is 5.28. The number of hydrogen-bond donors (Lipinski definition) is 4. The second kappa shape index (κ2) is 8.51. The number of carbonyl (C=O) groups is 4. The lowest BCUT2D eigenvalue weighted by Crippen LogP contribution is -2.17. The lowest BCUT2D eigenvalue weighted by molar-refractivity contribution is 0.0695. The molecular formula is C32H22N2O6. The SMILES string of the molecule is Cc1cc(C)cc(-c2cc(C(N)=O)c3c(C(N)=O)ccc4c5ccc(C(=O)O)c6c(C(=O)O)ccc(c2c34)c65)c1. The van der Waals surface area contributed by atoms with Crippen molar-refractivity contribution in [2.75, 3.05) is 0 Å². The Morgan fingerprint density at radius 3 is 1.52 bits per heavy atom. The molecule has 8 nitrogen and oxygen atoms in total. The van der Waals surface area contributed by atoms with Crippen molar-refractivity contribution in [1.29, 1.82) is 0 Å². The minimum absolute atomic E-state index is 0.0955. The number of carbonyl (C=O) groups excluding carboxylic acids is 2. The highest BCUT2D eigenvalue weighted by Gasteiger charge is 2.27. The van der Waals surface area contributed by atoms with Crippen LogP contribution in [-0.4, -0.2) is 34.0 Å². The Hall–Kier alpha value is -5.50. The molecule has 6 aromatic rings. The van der Waals surface area contributed by atoms with Crippen molar-refractivity contribution in [2.45, 2.75) is 13.8 Å². The summed E-state index contributed by atoms with van der Waals surface area (Å²) in [7, 11) is 0. The molecule has 0 spiro atoms. The summed E-state index contributed by atoms with van der Waals surface area (Å²) in [6.45, 7) is 3.89. The number of rotatable bonds is 5. The number of nitrogens with two attached hydrogens (primary N) is 2. The van der Waals surface area contributed by atoms with Crippen molar-refractivity contribution in [1.82, 2.24) is 0 Å². The smallest absolute Gasteiger partial charge is 0.336 e. The standard InChI is InChI=1S/C32H22N2O6/c1-13-9-14(2)11-15(10-13)22-12-23(30(34)36)26-19(29(33)35)6-3-17-16-4-7-20(31(37)38)27-21(32(39)40)8-5-18(24(16)27)25(22)28(17)26/h3-12H,1-2H3,(H2,33,35)(H2,34,36)(H,37,38)(H,39,40). The molecule has 0 bridgehead atoms. The summed E-state index contributed by atoms with van der Waals surface area (Å²) in [6.07, 6.45) is 0. The Bertz CT molecular complexity index is 2100. The highest BCUT2D eigenvalue weighted by molar-refractivity contribution is 6.40. The number of aryl methyl sites for hydroxylation is 2. The van der Waals surface area contributed by atoms with Crippen LogP contribution in [-0.2, 0) is 0 Å². The molecular weight excluding hydrogens is 508 g/mol. The first-order valence-corrected chi connectivity index (χ1v) is 12.4. The molecule has 0 aliphatic heterocycles. The normalized spacial score (nSPS) is 11.6. The van der Waals surface area contributed by atoms with Gasteiger partial charge >= 0.3 is 11.9 Å². The van der Waals surface area contributed by atoms with E-state index in [1.54, 1.807) is 24.3 Å². The van der Waals surface area contributed by atoms with E-state index in [2.05, 4.69) is 0 Å². The molecule has 0 atom stereocenters. The molecule has 0 aliphatic rings. The van der Waals surface area contributed by atoms with Gasteiger partial charge in [0.1, 0.15) is 0 Å². The predicted octanol–water partition coefficient (Wildman–Crippen LogP) is 5.62. The van der Waals surface area contributed by atoms with E-state index in [0.29, 0.717) is 43.3 Å². The van der Waals surface area contributed by atoms with Crippen LogP contribution in [0.25, 0.3) is 54.2 Å². The zero-order valence-electron chi connectivity index (χ0n) is 21.5. The first-order chi connectivity index (χ1) is 19.0. The fourth-order valence-electron chi connectivity index (χ4n) is 6.11. The predicted molar refractivity (Wildman–Crippen MR) is 154 cm³/mol. The zero-order valence-corrected chi connectivity index (χ0v) is 21.5. The van der Waals surface area contributed by atoms with Gasteiger partial charge in [0.25, 0.3) is 0 Å². The first kappa shape index (κ1) is 24.8. The van der Waals surface area contributed by atoms with Crippen LogP contribution in [0.15, 0.2) is 60.7 Å². The fraction of sp³-hybridized carbons (Fsp3) is 0.0625. The number of benzene rings is 6. The summed E-state index contributed by atoms with van der Waals surface area (Å²) in [5.41, 5.74) is 14.9. The molecule has 0 heterocycles.